The van der Waals surface area contributed by atoms with E-state index in [0.717, 1.165) is 24.2 Å². The molecule has 1 aromatic carbocycles. The van der Waals surface area contributed by atoms with Gasteiger partial charge in [0.2, 0.25) is 0 Å². The largest absolute Gasteiger partial charge is 0.352 e. The monoisotopic (exact) mass is 276 g/mol. The number of aromatic amines is 1. The molecule has 0 fully saturated rings. The van der Waals surface area contributed by atoms with Crippen LogP contribution < -0.4 is 0 Å². The summed E-state index contributed by atoms with van der Waals surface area (Å²) in [4.78, 5) is 7.36. The van der Waals surface area contributed by atoms with Crippen LogP contribution in [0.3, 0.4) is 0 Å². The Balaban J connectivity index is 1.68. The zero-order valence-corrected chi connectivity index (χ0v) is 11.2. The van der Waals surface area contributed by atoms with Crippen LogP contribution in [0.5, 0.6) is 0 Å². The smallest absolute Gasteiger partial charge is 0.259 e. The average Bonchev–Trinajstić information content (AvgIpc) is 3.24. The number of aromatic nitrogens is 3. The first-order valence-electron chi connectivity index (χ1n) is 6.85. The topological polar surface area (TPSA) is 78.5 Å². The molecule has 2 aromatic heterocycles. The number of rotatable bonds is 2. The second-order valence-corrected chi connectivity index (χ2v) is 5.16. The molecular formula is C16H12N4O. The Morgan fingerprint density at radius 1 is 1.33 bits per heavy atom. The Hall–Kier alpha value is -2.87. The lowest BCUT2D eigenvalue weighted by Crippen LogP contribution is -1.98. The fourth-order valence-corrected chi connectivity index (χ4v) is 2.90. The molecule has 0 saturated carbocycles. The van der Waals surface area contributed by atoms with Gasteiger partial charge in [-0.05, 0) is 30.0 Å². The molecule has 5 nitrogen and oxygen atoms in total. The number of nitrogens with zero attached hydrogens (tertiary/aromatic N) is 3. The van der Waals surface area contributed by atoms with Gasteiger partial charge in [-0.15, -0.1) is 0 Å². The van der Waals surface area contributed by atoms with Crippen molar-refractivity contribution in [1.29, 1.82) is 5.26 Å². The molecule has 0 amide bonds. The van der Waals surface area contributed by atoms with Gasteiger partial charge in [0.15, 0.2) is 5.82 Å². The second kappa shape index (κ2) is 4.60. The summed E-state index contributed by atoms with van der Waals surface area (Å²) in [5, 5.41) is 13.0. The van der Waals surface area contributed by atoms with Gasteiger partial charge in [-0.25, -0.2) is 0 Å². The summed E-state index contributed by atoms with van der Waals surface area (Å²) in [5.74, 6) is 1.37. The molecule has 0 bridgehead atoms. The van der Waals surface area contributed by atoms with Crippen molar-refractivity contribution in [2.24, 2.45) is 0 Å². The standard InChI is InChI=1S/C16H12N4O/c17-8-12-7-11(9-18-12)16-19-15(20-21-16)14-6-5-10-3-1-2-4-13(10)14/h1-4,7,9,14,18H,5-6H2. The third kappa shape index (κ3) is 1.93. The van der Waals surface area contributed by atoms with Gasteiger partial charge in [0.25, 0.3) is 5.89 Å². The lowest BCUT2D eigenvalue weighted by atomic mass is 10.0. The zero-order valence-electron chi connectivity index (χ0n) is 11.2. The molecule has 1 N–H and O–H groups in total. The van der Waals surface area contributed by atoms with E-state index >= 15 is 0 Å². The van der Waals surface area contributed by atoms with Crippen LogP contribution >= 0.6 is 0 Å². The summed E-state index contributed by atoms with van der Waals surface area (Å²) in [6, 6.07) is 12.1. The van der Waals surface area contributed by atoms with Gasteiger partial charge in [0, 0.05) is 12.1 Å². The molecule has 3 aromatic rings. The van der Waals surface area contributed by atoms with Gasteiger partial charge >= 0.3 is 0 Å². The van der Waals surface area contributed by atoms with Gasteiger partial charge in [-0.3, -0.25) is 0 Å². The second-order valence-electron chi connectivity index (χ2n) is 5.16. The predicted molar refractivity (Wildman–Crippen MR) is 75.4 cm³/mol. The molecular weight excluding hydrogens is 264 g/mol. The van der Waals surface area contributed by atoms with Crippen molar-refractivity contribution >= 4 is 0 Å². The van der Waals surface area contributed by atoms with Crippen LogP contribution in [0, 0.1) is 11.3 Å². The van der Waals surface area contributed by atoms with Crippen LogP contribution in [0.2, 0.25) is 0 Å². The van der Waals surface area contributed by atoms with Crippen molar-refractivity contribution in [3.8, 4) is 17.5 Å². The highest BCUT2D eigenvalue weighted by molar-refractivity contribution is 5.54. The van der Waals surface area contributed by atoms with E-state index in [2.05, 4.69) is 33.3 Å². The quantitative estimate of drug-likeness (QED) is 0.780. The number of aryl methyl sites for hydroxylation is 1. The van der Waals surface area contributed by atoms with Crippen molar-refractivity contribution in [2.45, 2.75) is 18.8 Å². The maximum absolute atomic E-state index is 8.84. The van der Waals surface area contributed by atoms with Gasteiger partial charge < -0.3 is 9.51 Å². The Morgan fingerprint density at radius 3 is 3.10 bits per heavy atom. The lowest BCUT2D eigenvalue weighted by molar-refractivity contribution is 0.419. The van der Waals surface area contributed by atoms with E-state index in [9.17, 15) is 0 Å². The molecule has 0 aliphatic heterocycles. The van der Waals surface area contributed by atoms with Crippen LogP contribution in [0.1, 0.15) is 35.0 Å². The summed E-state index contributed by atoms with van der Waals surface area (Å²) < 4.78 is 5.35. The first-order valence-corrected chi connectivity index (χ1v) is 6.85. The molecule has 1 unspecified atom stereocenters. The zero-order chi connectivity index (χ0) is 14.2. The number of benzene rings is 1. The molecule has 1 aliphatic carbocycles. The predicted octanol–water partition coefficient (Wildman–Crippen LogP) is 3.01. The summed E-state index contributed by atoms with van der Waals surface area (Å²) in [6.07, 6.45) is 3.76. The first kappa shape index (κ1) is 11.9. The minimum absolute atomic E-state index is 0.202. The first-order chi connectivity index (χ1) is 10.3. The highest BCUT2D eigenvalue weighted by atomic mass is 16.5. The highest BCUT2D eigenvalue weighted by Crippen LogP contribution is 2.37. The van der Waals surface area contributed by atoms with Crippen molar-refractivity contribution in [1.82, 2.24) is 15.1 Å². The third-order valence-corrected chi connectivity index (χ3v) is 3.94. The van der Waals surface area contributed by atoms with E-state index in [1.807, 2.05) is 12.1 Å². The van der Waals surface area contributed by atoms with E-state index in [-0.39, 0.29) is 5.92 Å². The summed E-state index contributed by atoms with van der Waals surface area (Å²) >= 11 is 0. The van der Waals surface area contributed by atoms with E-state index < -0.39 is 0 Å². The minimum Gasteiger partial charge on any atom is -0.352 e. The highest BCUT2D eigenvalue weighted by Gasteiger charge is 2.27. The van der Waals surface area contributed by atoms with Gasteiger partial charge in [0.1, 0.15) is 11.8 Å². The number of hydrogen-bond donors (Lipinski definition) is 1. The Labute approximate surface area is 121 Å². The third-order valence-electron chi connectivity index (χ3n) is 3.94. The SMILES string of the molecule is N#Cc1cc(-c2nc(C3CCc4ccccc43)no2)c[nH]1. The Kier molecular flexibility index (Phi) is 2.61. The molecule has 102 valence electrons. The number of nitrogens with one attached hydrogen (secondary N) is 1. The Morgan fingerprint density at radius 2 is 2.24 bits per heavy atom. The molecule has 1 atom stereocenters. The van der Waals surface area contributed by atoms with E-state index in [0.29, 0.717) is 11.6 Å². The van der Waals surface area contributed by atoms with Gasteiger partial charge in [0.05, 0.1) is 5.56 Å². The van der Waals surface area contributed by atoms with Crippen molar-refractivity contribution in [2.75, 3.05) is 0 Å². The minimum atomic E-state index is 0.202. The molecule has 21 heavy (non-hydrogen) atoms. The van der Waals surface area contributed by atoms with Crippen LogP contribution in [-0.2, 0) is 6.42 Å². The van der Waals surface area contributed by atoms with Crippen molar-refractivity contribution < 1.29 is 4.52 Å². The number of hydrogen-bond acceptors (Lipinski definition) is 4. The number of fused-ring (bicyclic) bond motifs is 1. The summed E-state index contributed by atoms with van der Waals surface area (Å²) in [5.41, 5.74) is 3.88. The van der Waals surface area contributed by atoms with Crippen molar-refractivity contribution in [3.05, 3.63) is 59.2 Å². The van der Waals surface area contributed by atoms with Gasteiger partial charge in [-0.1, -0.05) is 29.4 Å². The van der Waals surface area contributed by atoms with E-state index in [1.54, 1.807) is 12.3 Å². The maximum Gasteiger partial charge on any atom is 0.259 e. The van der Waals surface area contributed by atoms with E-state index in [4.69, 9.17) is 9.78 Å². The maximum atomic E-state index is 8.84. The molecule has 2 heterocycles. The molecule has 1 aliphatic rings. The molecule has 0 saturated heterocycles. The molecule has 4 rings (SSSR count). The molecule has 5 heteroatoms. The molecule has 0 spiro atoms. The van der Waals surface area contributed by atoms with Crippen LogP contribution in [-0.4, -0.2) is 15.1 Å². The van der Waals surface area contributed by atoms with Crippen molar-refractivity contribution in [3.63, 3.8) is 0 Å². The van der Waals surface area contributed by atoms with Crippen LogP contribution in [0.25, 0.3) is 11.5 Å². The summed E-state index contributed by atoms with van der Waals surface area (Å²) in [7, 11) is 0. The fourth-order valence-electron chi connectivity index (χ4n) is 2.90. The molecule has 0 radical (unpaired) electrons. The van der Waals surface area contributed by atoms with Crippen LogP contribution in [0.15, 0.2) is 41.1 Å². The van der Waals surface area contributed by atoms with E-state index in [1.165, 1.54) is 11.1 Å². The summed E-state index contributed by atoms with van der Waals surface area (Å²) in [6.45, 7) is 0. The Bertz CT molecular complexity index is 840. The number of nitriles is 1. The lowest BCUT2D eigenvalue weighted by Gasteiger charge is -2.05. The number of H-pyrrole nitrogens is 1. The fraction of sp³-hybridized carbons (Fsp3) is 0.188. The average molecular weight is 276 g/mol. The normalized spacial score (nSPS) is 16.6. The van der Waals surface area contributed by atoms with Gasteiger partial charge in [-0.2, -0.15) is 10.2 Å². The van der Waals surface area contributed by atoms with Crippen LogP contribution in [0.4, 0.5) is 0 Å².